The van der Waals surface area contributed by atoms with E-state index in [1.165, 1.54) is 0 Å². The summed E-state index contributed by atoms with van der Waals surface area (Å²) in [5.41, 5.74) is 5.52. The third-order valence-corrected chi connectivity index (χ3v) is 3.82. The van der Waals surface area contributed by atoms with Crippen LogP contribution in [0.4, 0.5) is 0 Å². The van der Waals surface area contributed by atoms with Gasteiger partial charge in [-0.3, -0.25) is 4.79 Å². The van der Waals surface area contributed by atoms with Gasteiger partial charge in [0, 0.05) is 19.5 Å². The van der Waals surface area contributed by atoms with Crippen molar-refractivity contribution in [3.63, 3.8) is 0 Å². The van der Waals surface area contributed by atoms with Crippen molar-refractivity contribution in [1.82, 2.24) is 4.90 Å². The van der Waals surface area contributed by atoms with E-state index in [1.807, 2.05) is 11.9 Å². The molecule has 0 aromatic heterocycles. The maximum absolute atomic E-state index is 11.5. The lowest BCUT2D eigenvalue weighted by molar-refractivity contribution is -0.138. The fourth-order valence-corrected chi connectivity index (χ4v) is 2.93. The fraction of sp³-hybridized carbons (Fsp3) is 0.900. The lowest BCUT2D eigenvalue weighted by Crippen LogP contribution is -2.61. The van der Waals surface area contributed by atoms with Gasteiger partial charge in [0.25, 0.3) is 0 Å². The van der Waals surface area contributed by atoms with Gasteiger partial charge in [-0.05, 0) is 30.6 Å². The smallest absolute Gasteiger partial charge is 0.222 e. The molecule has 3 unspecified atom stereocenters. The van der Waals surface area contributed by atoms with E-state index in [-0.39, 0.29) is 11.9 Å². The molecule has 1 heterocycles. The minimum absolute atomic E-state index is 0.240. The van der Waals surface area contributed by atoms with Crippen LogP contribution in [0.25, 0.3) is 0 Å². The summed E-state index contributed by atoms with van der Waals surface area (Å²) in [5, 5.41) is 0. The van der Waals surface area contributed by atoms with Gasteiger partial charge in [-0.15, -0.1) is 0 Å². The summed E-state index contributed by atoms with van der Waals surface area (Å²) >= 11 is 0. The van der Waals surface area contributed by atoms with Gasteiger partial charge in [0.05, 0.1) is 7.85 Å². The fourth-order valence-electron chi connectivity index (χ4n) is 2.93. The second-order valence-electron chi connectivity index (χ2n) is 4.72. The minimum Gasteiger partial charge on any atom is -0.342 e. The Morgan fingerprint density at radius 3 is 3.00 bits per heavy atom. The van der Waals surface area contributed by atoms with Gasteiger partial charge < -0.3 is 10.6 Å². The first-order chi connectivity index (χ1) is 6.52. The number of piperidine rings is 1. The number of hydrogen-bond donors (Lipinski definition) is 1. The second kappa shape index (κ2) is 3.26. The lowest BCUT2D eigenvalue weighted by atomic mass is 9.57. The van der Waals surface area contributed by atoms with E-state index in [4.69, 9.17) is 13.6 Å². The SMILES string of the molecule is [B]C1(N)CCCC2C1CCC(=O)N2C. The Labute approximate surface area is 86.4 Å². The number of amides is 1. The maximum atomic E-state index is 11.5. The molecule has 76 valence electrons. The molecule has 1 amide bonds. The third-order valence-electron chi connectivity index (χ3n) is 3.82. The predicted molar refractivity (Wildman–Crippen MR) is 55.8 cm³/mol. The Hall–Kier alpha value is -0.505. The van der Waals surface area contributed by atoms with Crippen LogP contribution >= 0.6 is 0 Å². The summed E-state index contributed by atoms with van der Waals surface area (Å²) in [6, 6.07) is 0.278. The normalized spacial score (nSPS) is 43.6. The largest absolute Gasteiger partial charge is 0.342 e. The summed E-state index contributed by atoms with van der Waals surface area (Å²) < 4.78 is 0. The molecule has 1 saturated carbocycles. The minimum atomic E-state index is -0.558. The van der Waals surface area contributed by atoms with E-state index < -0.39 is 5.44 Å². The van der Waals surface area contributed by atoms with Gasteiger partial charge in [-0.2, -0.15) is 0 Å². The number of nitrogens with two attached hydrogens (primary N) is 1. The summed E-state index contributed by atoms with van der Waals surface area (Å²) in [7, 11) is 7.96. The molecule has 0 aromatic carbocycles. The number of rotatable bonds is 0. The first-order valence-electron chi connectivity index (χ1n) is 5.36. The molecular weight excluding hydrogens is 175 g/mol. The Morgan fingerprint density at radius 2 is 2.29 bits per heavy atom. The lowest BCUT2D eigenvalue weighted by Gasteiger charge is -2.50. The highest BCUT2D eigenvalue weighted by Gasteiger charge is 2.44. The number of carbonyl (C=O) groups excluding carboxylic acids is 1. The van der Waals surface area contributed by atoms with E-state index in [9.17, 15) is 4.79 Å². The summed E-state index contributed by atoms with van der Waals surface area (Å²) in [6.45, 7) is 0. The topological polar surface area (TPSA) is 46.3 Å². The molecule has 3 atom stereocenters. The molecule has 1 aliphatic carbocycles. The van der Waals surface area contributed by atoms with Crippen molar-refractivity contribution in [1.29, 1.82) is 0 Å². The number of carbonyl (C=O) groups is 1. The van der Waals surface area contributed by atoms with Crippen molar-refractivity contribution in [2.75, 3.05) is 7.05 Å². The Kier molecular flexibility index (Phi) is 2.34. The molecule has 0 bridgehead atoms. The number of fused-ring (bicyclic) bond motifs is 1. The molecule has 2 aliphatic rings. The van der Waals surface area contributed by atoms with E-state index in [2.05, 4.69) is 0 Å². The number of nitrogens with zero attached hydrogens (tertiary/aromatic N) is 1. The summed E-state index contributed by atoms with van der Waals surface area (Å²) in [4.78, 5) is 13.4. The van der Waals surface area contributed by atoms with E-state index in [0.29, 0.717) is 12.3 Å². The molecule has 2 rings (SSSR count). The second-order valence-corrected chi connectivity index (χ2v) is 4.72. The summed E-state index contributed by atoms with van der Waals surface area (Å²) in [6.07, 6.45) is 4.44. The molecule has 4 heteroatoms. The average molecular weight is 192 g/mol. The zero-order valence-electron chi connectivity index (χ0n) is 8.70. The van der Waals surface area contributed by atoms with E-state index in [0.717, 1.165) is 25.7 Å². The van der Waals surface area contributed by atoms with Crippen LogP contribution in [-0.2, 0) is 4.79 Å². The van der Waals surface area contributed by atoms with Crippen LogP contribution in [-0.4, -0.2) is 37.2 Å². The van der Waals surface area contributed by atoms with Crippen LogP contribution in [0.5, 0.6) is 0 Å². The molecule has 0 spiro atoms. The van der Waals surface area contributed by atoms with E-state index in [1.54, 1.807) is 0 Å². The maximum Gasteiger partial charge on any atom is 0.222 e. The highest BCUT2D eigenvalue weighted by Crippen LogP contribution is 2.38. The number of likely N-dealkylation sites (tertiary alicyclic amines) is 1. The van der Waals surface area contributed by atoms with Crippen LogP contribution in [0.1, 0.15) is 32.1 Å². The third kappa shape index (κ3) is 1.46. The van der Waals surface area contributed by atoms with Gasteiger partial charge in [0.2, 0.25) is 5.91 Å². The number of hydrogen-bond acceptors (Lipinski definition) is 2. The monoisotopic (exact) mass is 192 g/mol. The van der Waals surface area contributed by atoms with Crippen LogP contribution in [0.3, 0.4) is 0 Å². The molecule has 1 aliphatic heterocycles. The molecule has 0 aromatic rings. The highest BCUT2D eigenvalue weighted by atomic mass is 16.2. The molecule has 2 fully saturated rings. The first-order valence-corrected chi connectivity index (χ1v) is 5.36. The van der Waals surface area contributed by atoms with Crippen LogP contribution in [0, 0.1) is 5.92 Å². The van der Waals surface area contributed by atoms with Crippen molar-refractivity contribution in [2.45, 2.75) is 43.6 Å². The molecule has 14 heavy (non-hydrogen) atoms. The van der Waals surface area contributed by atoms with Gasteiger partial charge in [0.15, 0.2) is 0 Å². The van der Waals surface area contributed by atoms with Gasteiger partial charge >= 0.3 is 0 Å². The van der Waals surface area contributed by atoms with Gasteiger partial charge in [-0.25, -0.2) is 0 Å². The van der Waals surface area contributed by atoms with Gasteiger partial charge in [0.1, 0.15) is 0 Å². The average Bonchev–Trinajstić information content (AvgIpc) is 2.11. The van der Waals surface area contributed by atoms with Gasteiger partial charge in [-0.1, -0.05) is 6.42 Å². The van der Waals surface area contributed by atoms with Crippen LogP contribution in [0.15, 0.2) is 0 Å². The van der Waals surface area contributed by atoms with Crippen LogP contribution in [0.2, 0.25) is 0 Å². The molecule has 2 radical (unpaired) electrons. The molecular formula is C10H17BN2O. The van der Waals surface area contributed by atoms with Crippen molar-refractivity contribution in [3.8, 4) is 0 Å². The molecule has 3 nitrogen and oxygen atoms in total. The molecule has 2 N–H and O–H groups in total. The van der Waals surface area contributed by atoms with Crippen molar-refractivity contribution < 1.29 is 4.79 Å². The van der Waals surface area contributed by atoms with Crippen molar-refractivity contribution in [2.24, 2.45) is 11.7 Å². The van der Waals surface area contributed by atoms with E-state index >= 15 is 0 Å². The highest BCUT2D eigenvalue weighted by molar-refractivity contribution is 6.15. The zero-order chi connectivity index (χ0) is 10.3. The van der Waals surface area contributed by atoms with Crippen LogP contribution < -0.4 is 5.73 Å². The Balaban J connectivity index is 2.20. The first kappa shape index (κ1) is 10.0. The zero-order valence-corrected chi connectivity index (χ0v) is 8.70. The standard InChI is InChI=1S/C10H17BN2O/c1-13-8-3-2-6-10(11,12)7(8)4-5-9(13)14/h7-8H,2-6,12H2,1H3. The Bertz CT molecular complexity index is 255. The Morgan fingerprint density at radius 1 is 1.57 bits per heavy atom. The quantitative estimate of drug-likeness (QED) is 0.558. The van der Waals surface area contributed by atoms with Crippen molar-refractivity contribution in [3.05, 3.63) is 0 Å². The predicted octanol–water partition coefficient (Wildman–Crippen LogP) is 0.231. The molecule has 1 saturated heterocycles. The summed E-state index contributed by atoms with van der Waals surface area (Å²) in [5.74, 6) is 0.530. The van der Waals surface area contributed by atoms with Crippen molar-refractivity contribution >= 4 is 13.8 Å².